The summed E-state index contributed by atoms with van der Waals surface area (Å²) in [4.78, 5) is 14.2. The van der Waals surface area contributed by atoms with Crippen molar-refractivity contribution in [3.05, 3.63) is 10.4 Å². The number of hydrogen-bond acceptors (Lipinski definition) is 2. The molecule has 1 aliphatic carbocycles. The molecule has 0 spiro atoms. The van der Waals surface area contributed by atoms with Gasteiger partial charge in [0.1, 0.15) is 5.78 Å². The van der Waals surface area contributed by atoms with Crippen molar-refractivity contribution in [2.75, 3.05) is 6.54 Å². The van der Waals surface area contributed by atoms with Crippen molar-refractivity contribution in [3.8, 4) is 0 Å². The molecule has 4 heteroatoms. The maximum atomic E-state index is 11.5. The lowest BCUT2D eigenvalue weighted by atomic mass is 9.95. The molecule has 0 saturated heterocycles. The van der Waals surface area contributed by atoms with Crippen molar-refractivity contribution in [3.63, 3.8) is 0 Å². The van der Waals surface area contributed by atoms with Gasteiger partial charge in [0.15, 0.2) is 0 Å². The van der Waals surface area contributed by atoms with E-state index in [-0.39, 0.29) is 5.92 Å². The van der Waals surface area contributed by atoms with Gasteiger partial charge < -0.3 is 0 Å². The highest BCUT2D eigenvalue weighted by molar-refractivity contribution is 5.81. The van der Waals surface area contributed by atoms with Crippen LogP contribution in [0, 0.1) is 5.92 Å². The van der Waals surface area contributed by atoms with Crippen LogP contribution in [0.4, 0.5) is 0 Å². The summed E-state index contributed by atoms with van der Waals surface area (Å²) in [5.41, 5.74) is 8.09. The van der Waals surface area contributed by atoms with E-state index in [0.29, 0.717) is 12.3 Å². The third kappa shape index (κ3) is 3.47. The molecule has 1 unspecified atom stereocenters. The van der Waals surface area contributed by atoms with Crippen molar-refractivity contribution in [2.45, 2.75) is 38.5 Å². The van der Waals surface area contributed by atoms with Gasteiger partial charge in [-0.2, -0.15) is 0 Å². The number of Topliss-reactive ketones (excluding diaryl/α,β-unsaturated/α-hetero) is 1. The van der Waals surface area contributed by atoms with Gasteiger partial charge in [-0.05, 0) is 24.8 Å². The number of carbonyl (C=O) groups is 1. The van der Waals surface area contributed by atoms with Crippen LogP contribution in [0.3, 0.4) is 0 Å². The molecule has 4 nitrogen and oxygen atoms in total. The first-order valence-corrected chi connectivity index (χ1v) is 4.88. The summed E-state index contributed by atoms with van der Waals surface area (Å²) in [6, 6.07) is 0. The molecule has 1 atom stereocenters. The van der Waals surface area contributed by atoms with Gasteiger partial charge in [-0.1, -0.05) is 18.0 Å². The van der Waals surface area contributed by atoms with Gasteiger partial charge in [-0.15, -0.1) is 0 Å². The molecular weight excluding hydrogens is 166 g/mol. The molecule has 1 aliphatic rings. The summed E-state index contributed by atoms with van der Waals surface area (Å²) in [7, 11) is 0. The molecule has 1 rings (SSSR count). The Bertz CT molecular complexity index is 221. The predicted octanol–water partition coefficient (Wildman–Crippen LogP) is 2.84. The molecule has 13 heavy (non-hydrogen) atoms. The molecule has 0 bridgehead atoms. The minimum absolute atomic E-state index is 0.160. The first-order valence-electron chi connectivity index (χ1n) is 4.88. The van der Waals surface area contributed by atoms with Crippen LogP contribution in [0.25, 0.3) is 10.4 Å². The van der Waals surface area contributed by atoms with E-state index in [9.17, 15) is 4.79 Å². The van der Waals surface area contributed by atoms with Crippen molar-refractivity contribution in [1.29, 1.82) is 0 Å². The fourth-order valence-electron chi connectivity index (χ4n) is 1.80. The van der Waals surface area contributed by atoms with E-state index in [2.05, 4.69) is 10.0 Å². The van der Waals surface area contributed by atoms with E-state index in [1.165, 1.54) is 6.42 Å². The van der Waals surface area contributed by atoms with Crippen LogP contribution in [0.1, 0.15) is 38.5 Å². The van der Waals surface area contributed by atoms with Gasteiger partial charge in [-0.3, -0.25) is 4.79 Å². The lowest BCUT2D eigenvalue weighted by Crippen LogP contribution is -2.13. The Morgan fingerprint density at radius 1 is 1.46 bits per heavy atom. The number of ketones is 1. The monoisotopic (exact) mass is 181 g/mol. The van der Waals surface area contributed by atoms with Gasteiger partial charge in [0.25, 0.3) is 0 Å². The fraction of sp³-hybridized carbons (Fsp3) is 0.889. The lowest BCUT2D eigenvalue weighted by molar-refractivity contribution is -0.122. The van der Waals surface area contributed by atoms with E-state index in [1.54, 1.807) is 0 Å². The molecule has 1 fully saturated rings. The molecule has 0 aliphatic heterocycles. The summed E-state index contributed by atoms with van der Waals surface area (Å²) in [5, 5.41) is 3.46. The molecule has 72 valence electrons. The maximum absolute atomic E-state index is 11.5. The molecule has 0 heterocycles. The van der Waals surface area contributed by atoms with Crippen LogP contribution in [-0.2, 0) is 4.79 Å². The Morgan fingerprint density at radius 3 is 3.08 bits per heavy atom. The van der Waals surface area contributed by atoms with Crippen LogP contribution in [-0.4, -0.2) is 12.3 Å². The average molecular weight is 181 g/mol. The highest BCUT2D eigenvalue weighted by Crippen LogP contribution is 2.22. The summed E-state index contributed by atoms with van der Waals surface area (Å²) in [6.07, 6.45) is 5.80. The normalized spacial score (nSPS) is 23.4. The van der Waals surface area contributed by atoms with Crippen LogP contribution in [0.15, 0.2) is 5.11 Å². The smallest absolute Gasteiger partial charge is 0.135 e. The summed E-state index contributed by atoms with van der Waals surface area (Å²) >= 11 is 0. The van der Waals surface area contributed by atoms with Crippen LogP contribution < -0.4 is 0 Å². The van der Waals surface area contributed by atoms with Crippen molar-refractivity contribution in [2.24, 2.45) is 11.0 Å². The summed E-state index contributed by atoms with van der Waals surface area (Å²) < 4.78 is 0. The Kier molecular flexibility index (Phi) is 4.33. The number of carbonyl (C=O) groups excluding carboxylic acids is 1. The Labute approximate surface area is 77.9 Å². The molecule has 0 aromatic carbocycles. The average Bonchev–Trinajstić information content (AvgIpc) is 2.32. The van der Waals surface area contributed by atoms with Crippen LogP contribution >= 0.6 is 0 Å². The summed E-state index contributed by atoms with van der Waals surface area (Å²) in [5.74, 6) is 0.527. The van der Waals surface area contributed by atoms with Crippen molar-refractivity contribution < 1.29 is 4.79 Å². The molecule has 0 amide bonds. The van der Waals surface area contributed by atoms with Gasteiger partial charge in [0.05, 0.1) is 0 Å². The van der Waals surface area contributed by atoms with E-state index in [4.69, 9.17) is 5.53 Å². The SMILES string of the molecule is [N-]=[N+]=NCCC1CCCCCC1=O. The van der Waals surface area contributed by atoms with Gasteiger partial charge in [0.2, 0.25) is 0 Å². The third-order valence-corrected chi connectivity index (χ3v) is 2.57. The van der Waals surface area contributed by atoms with Crippen molar-refractivity contribution >= 4 is 5.78 Å². The molecular formula is C9H15N3O. The minimum atomic E-state index is 0.160. The molecule has 0 aromatic heterocycles. The largest absolute Gasteiger partial charge is 0.299 e. The molecule has 0 N–H and O–H groups in total. The fourth-order valence-corrected chi connectivity index (χ4v) is 1.80. The topological polar surface area (TPSA) is 65.8 Å². The van der Waals surface area contributed by atoms with Crippen LogP contribution in [0.2, 0.25) is 0 Å². The number of hydrogen-bond donors (Lipinski definition) is 0. The standard InChI is InChI=1S/C9H15N3O/c10-12-11-7-6-8-4-2-1-3-5-9(8)13/h8H,1-7H2. The molecule has 0 radical (unpaired) electrons. The highest BCUT2D eigenvalue weighted by Gasteiger charge is 2.19. The Balaban J connectivity index is 2.36. The van der Waals surface area contributed by atoms with Gasteiger partial charge in [-0.25, -0.2) is 0 Å². The van der Waals surface area contributed by atoms with Gasteiger partial charge in [0, 0.05) is 23.8 Å². The quantitative estimate of drug-likeness (QED) is 0.286. The summed E-state index contributed by atoms with van der Waals surface area (Å²) in [6.45, 7) is 0.465. The number of azide groups is 1. The Hall–Kier alpha value is -1.02. The second-order valence-electron chi connectivity index (χ2n) is 3.51. The third-order valence-electron chi connectivity index (χ3n) is 2.57. The molecule has 1 saturated carbocycles. The van der Waals surface area contributed by atoms with E-state index in [1.807, 2.05) is 0 Å². The van der Waals surface area contributed by atoms with E-state index >= 15 is 0 Å². The second-order valence-corrected chi connectivity index (χ2v) is 3.51. The predicted molar refractivity (Wildman–Crippen MR) is 50.2 cm³/mol. The Morgan fingerprint density at radius 2 is 2.31 bits per heavy atom. The van der Waals surface area contributed by atoms with E-state index in [0.717, 1.165) is 32.1 Å². The minimum Gasteiger partial charge on any atom is -0.299 e. The zero-order valence-electron chi connectivity index (χ0n) is 7.78. The zero-order chi connectivity index (χ0) is 9.52. The van der Waals surface area contributed by atoms with E-state index < -0.39 is 0 Å². The highest BCUT2D eigenvalue weighted by atomic mass is 16.1. The number of rotatable bonds is 3. The first-order chi connectivity index (χ1) is 6.34. The maximum Gasteiger partial charge on any atom is 0.135 e. The van der Waals surface area contributed by atoms with Gasteiger partial charge >= 0.3 is 0 Å². The lowest BCUT2D eigenvalue weighted by Gasteiger charge is -2.09. The zero-order valence-corrected chi connectivity index (χ0v) is 7.78. The van der Waals surface area contributed by atoms with Crippen LogP contribution in [0.5, 0.6) is 0 Å². The van der Waals surface area contributed by atoms with Crippen molar-refractivity contribution in [1.82, 2.24) is 0 Å². The first kappa shape index (κ1) is 10.1. The number of nitrogens with zero attached hydrogens (tertiary/aromatic N) is 3. The molecule has 0 aromatic rings. The second kappa shape index (κ2) is 5.60.